The van der Waals surface area contributed by atoms with Crippen LogP contribution in [0.15, 0.2) is 17.3 Å². The van der Waals surface area contributed by atoms with Crippen LogP contribution in [0.4, 0.5) is 0 Å². The Labute approximate surface area is 90.0 Å². The van der Waals surface area contributed by atoms with Crippen molar-refractivity contribution in [3.8, 4) is 0 Å². The molecule has 0 spiro atoms. The average Bonchev–Trinajstić information content (AvgIpc) is 2.30. The number of rotatable bonds is 5. The lowest BCUT2D eigenvalue weighted by Crippen LogP contribution is -2.34. The summed E-state index contributed by atoms with van der Waals surface area (Å²) >= 11 is 0. The summed E-state index contributed by atoms with van der Waals surface area (Å²) in [5.41, 5.74) is 8.04. The molecule has 1 fully saturated rings. The molecule has 15 heavy (non-hydrogen) atoms. The van der Waals surface area contributed by atoms with Gasteiger partial charge < -0.3 is 5.21 Å². The van der Waals surface area contributed by atoms with Gasteiger partial charge in [0.05, 0.1) is 0 Å². The topological polar surface area (TPSA) is 72.2 Å². The van der Waals surface area contributed by atoms with Crippen molar-refractivity contribution in [3.63, 3.8) is 0 Å². The molecule has 1 saturated carbocycles. The summed E-state index contributed by atoms with van der Waals surface area (Å²) in [5.74, 6) is 0. The summed E-state index contributed by atoms with van der Waals surface area (Å²) in [7, 11) is 0. The van der Waals surface area contributed by atoms with Gasteiger partial charge in [-0.15, -0.1) is 0 Å². The molecule has 0 aromatic rings. The van der Waals surface area contributed by atoms with Crippen LogP contribution in [0.3, 0.4) is 0 Å². The first-order valence-corrected chi connectivity index (χ1v) is 5.46. The van der Waals surface area contributed by atoms with Crippen LogP contribution in [0.1, 0.15) is 32.1 Å². The number of hydrogen-bond donors (Lipinski definition) is 1. The van der Waals surface area contributed by atoms with E-state index in [0.717, 1.165) is 12.8 Å². The van der Waals surface area contributed by atoms with Gasteiger partial charge in [0.25, 0.3) is 0 Å². The van der Waals surface area contributed by atoms with Crippen LogP contribution in [0.2, 0.25) is 0 Å². The van der Waals surface area contributed by atoms with Crippen molar-refractivity contribution in [1.82, 2.24) is 5.06 Å². The minimum atomic E-state index is 0.308. The maximum atomic E-state index is 9.71. The highest BCUT2D eigenvalue weighted by atomic mass is 16.5. The lowest BCUT2D eigenvalue weighted by Gasteiger charge is -2.28. The SMILES string of the molecule is [N-]=[N+]=NC/C=C/CN(O)C1CCCCC1. The van der Waals surface area contributed by atoms with E-state index in [4.69, 9.17) is 5.53 Å². The fourth-order valence-corrected chi connectivity index (χ4v) is 1.87. The van der Waals surface area contributed by atoms with Crippen LogP contribution in [0.5, 0.6) is 0 Å². The van der Waals surface area contributed by atoms with Crippen LogP contribution in [-0.4, -0.2) is 29.4 Å². The van der Waals surface area contributed by atoms with Gasteiger partial charge >= 0.3 is 0 Å². The van der Waals surface area contributed by atoms with Crippen molar-refractivity contribution in [2.24, 2.45) is 5.11 Å². The van der Waals surface area contributed by atoms with Gasteiger partial charge in [-0.3, -0.25) is 0 Å². The van der Waals surface area contributed by atoms with Gasteiger partial charge in [-0.05, 0) is 18.4 Å². The molecule has 0 amide bonds. The highest BCUT2D eigenvalue weighted by molar-refractivity contribution is 4.87. The van der Waals surface area contributed by atoms with Gasteiger partial charge in [-0.25, -0.2) is 0 Å². The molecule has 0 atom stereocenters. The Hall–Kier alpha value is -1.03. The maximum Gasteiger partial charge on any atom is 0.0440 e. The molecule has 1 aliphatic rings. The fourth-order valence-electron chi connectivity index (χ4n) is 1.87. The van der Waals surface area contributed by atoms with Crippen LogP contribution >= 0.6 is 0 Å². The first-order chi connectivity index (χ1) is 7.34. The van der Waals surface area contributed by atoms with Crippen LogP contribution in [-0.2, 0) is 0 Å². The quantitative estimate of drug-likeness (QED) is 0.249. The Morgan fingerprint density at radius 1 is 1.33 bits per heavy atom. The zero-order chi connectivity index (χ0) is 10.9. The molecule has 0 bridgehead atoms. The highest BCUT2D eigenvalue weighted by Crippen LogP contribution is 2.21. The second-order valence-electron chi connectivity index (χ2n) is 3.80. The predicted molar refractivity (Wildman–Crippen MR) is 58.5 cm³/mol. The third-order valence-corrected chi connectivity index (χ3v) is 2.71. The molecule has 0 aromatic heterocycles. The molecule has 5 heteroatoms. The molecule has 0 radical (unpaired) electrons. The predicted octanol–water partition coefficient (Wildman–Crippen LogP) is 2.88. The number of nitrogens with zero attached hydrogens (tertiary/aromatic N) is 4. The molecule has 84 valence electrons. The summed E-state index contributed by atoms with van der Waals surface area (Å²) in [6.45, 7) is 0.876. The first-order valence-electron chi connectivity index (χ1n) is 5.46. The van der Waals surface area contributed by atoms with Crippen molar-refractivity contribution < 1.29 is 5.21 Å². The Morgan fingerprint density at radius 3 is 2.73 bits per heavy atom. The zero-order valence-electron chi connectivity index (χ0n) is 8.92. The van der Waals surface area contributed by atoms with E-state index in [1.54, 1.807) is 6.08 Å². The smallest absolute Gasteiger partial charge is 0.0440 e. The molecule has 0 unspecified atom stereocenters. The number of hydrogen-bond acceptors (Lipinski definition) is 3. The molecule has 1 rings (SSSR count). The van der Waals surface area contributed by atoms with Gasteiger partial charge in [-0.2, -0.15) is 5.06 Å². The van der Waals surface area contributed by atoms with E-state index < -0.39 is 0 Å². The first kappa shape index (κ1) is 12.0. The van der Waals surface area contributed by atoms with Gasteiger partial charge in [0.2, 0.25) is 0 Å². The van der Waals surface area contributed by atoms with Crippen molar-refractivity contribution in [2.45, 2.75) is 38.1 Å². The Morgan fingerprint density at radius 2 is 2.07 bits per heavy atom. The molecule has 1 N–H and O–H groups in total. The Balaban J connectivity index is 2.18. The van der Waals surface area contributed by atoms with E-state index in [0.29, 0.717) is 19.1 Å². The van der Waals surface area contributed by atoms with E-state index in [-0.39, 0.29) is 0 Å². The highest BCUT2D eigenvalue weighted by Gasteiger charge is 2.18. The van der Waals surface area contributed by atoms with E-state index >= 15 is 0 Å². The standard InChI is InChI=1S/C10H18N4O/c11-13-12-8-4-5-9-14(15)10-6-2-1-3-7-10/h4-5,10,15H,1-3,6-9H2/b5-4+. The summed E-state index contributed by atoms with van der Waals surface area (Å²) in [6, 6.07) is 0.308. The van der Waals surface area contributed by atoms with E-state index in [2.05, 4.69) is 10.0 Å². The summed E-state index contributed by atoms with van der Waals surface area (Å²) < 4.78 is 0. The Bertz CT molecular complexity index is 242. The number of hydroxylamine groups is 2. The third-order valence-electron chi connectivity index (χ3n) is 2.71. The third kappa shape index (κ3) is 4.83. The largest absolute Gasteiger partial charge is 0.313 e. The molecule has 0 heterocycles. The molecular weight excluding hydrogens is 192 g/mol. The fraction of sp³-hybridized carbons (Fsp3) is 0.800. The molecule has 1 aliphatic carbocycles. The van der Waals surface area contributed by atoms with Crippen LogP contribution in [0.25, 0.3) is 10.4 Å². The normalized spacial score (nSPS) is 18.3. The van der Waals surface area contributed by atoms with Crippen molar-refractivity contribution in [2.75, 3.05) is 13.1 Å². The van der Waals surface area contributed by atoms with Gasteiger partial charge in [0, 0.05) is 24.0 Å². The molecule has 0 aliphatic heterocycles. The summed E-state index contributed by atoms with van der Waals surface area (Å²) in [4.78, 5) is 2.64. The molecular formula is C10H18N4O. The van der Waals surface area contributed by atoms with Gasteiger partial charge in [0.1, 0.15) is 0 Å². The molecule has 0 aromatic carbocycles. The van der Waals surface area contributed by atoms with Crippen LogP contribution in [0, 0.1) is 0 Å². The van der Waals surface area contributed by atoms with Crippen molar-refractivity contribution >= 4 is 0 Å². The van der Waals surface area contributed by atoms with E-state index in [1.807, 2.05) is 6.08 Å². The Kier molecular flexibility index (Phi) is 5.85. The summed E-state index contributed by atoms with van der Waals surface area (Å²) in [6.07, 6.45) is 9.49. The minimum absolute atomic E-state index is 0.308. The second-order valence-corrected chi connectivity index (χ2v) is 3.80. The number of azide groups is 1. The summed E-state index contributed by atoms with van der Waals surface area (Å²) in [5, 5.41) is 14.5. The van der Waals surface area contributed by atoms with E-state index in [1.165, 1.54) is 24.3 Å². The second kappa shape index (κ2) is 7.29. The maximum absolute atomic E-state index is 9.71. The average molecular weight is 210 g/mol. The van der Waals surface area contributed by atoms with Crippen molar-refractivity contribution in [1.29, 1.82) is 0 Å². The van der Waals surface area contributed by atoms with Gasteiger partial charge in [-0.1, -0.05) is 36.5 Å². The lowest BCUT2D eigenvalue weighted by atomic mass is 9.95. The monoisotopic (exact) mass is 210 g/mol. The van der Waals surface area contributed by atoms with Gasteiger partial charge in [0.15, 0.2) is 0 Å². The molecule has 5 nitrogen and oxygen atoms in total. The molecule has 0 saturated heterocycles. The van der Waals surface area contributed by atoms with Crippen molar-refractivity contribution in [3.05, 3.63) is 22.6 Å². The lowest BCUT2D eigenvalue weighted by molar-refractivity contribution is -0.125. The van der Waals surface area contributed by atoms with Crippen LogP contribution < -0.4 is 0 Å². The minimum Gasteiger partial charge on any atom is -0.313 e. The van der Waals surface area contributed by atoms with E-state index in [9.17, 15) is 5.21 Å². The zero-order valence-corrected chi connectivity index (χ0v) is 8.92.